The van der Waals surface area contributed by atoms with Crippen LogP contribution in [-0.2, 0) is 6.54 Å². The van der Waals surface area contributed by atoms with Gasteiger partial charge in [-0.25, -0.2) is 4.39 Å². The zero-order valence-electron chi connectivity index (χ0n) is 13.1. The highest BCUT2D eigenvalue weighted by Crippen LogP contribution is 2.38. The molecule has 21 heavy (non-hydrogen) atoms. The van der Waals surface area contributed by atoms with Crippen LogP contribution in [0.25, 0.3) is 0 Å². The quantitative estimate of drug-likeness (QED) is 0.909. The first kappa shape index (κ1) is 15.0. The Kier molecular flexibility index (Phi) is 4.60. The largest absolute Gasteiger partial charge is 0.311 e. The summed E-state index contributed by atoms with van der Waals surface area (Å²) in [6, 6.07) is 7.66. The first-order valence-electron chi connectivity index (χ1n) is 8.45. The molecule has 0 bridgehead atoms. The molecule has 1 saturated carbocycles. The fraction of sp³-hybridized carbons (Fsp3) is 0.667. The third-order valence-electron chi connectivity index (χ3n) is 5.29. The average molecular weight is 290 g/mol. The Labute approximate surface area is 127 Å². The highest BCUT2D eigenvalue weighted by molar-refractivity contribution is 5.17. The highest BCUT2D eigenvalue weighted by Gasteiger charge is 2.43. The van der Waals surface area contributed by atoms with Gasteiger partial charge in [0.2, 0.25) is 0 Å². The molecule has 2 aliphatic rings. The normalized spacial score (nSPS) is 25.5. The van der Waals surface area contributed by atoms with Crippen molar-refractivity contribution in [3.63, 3.8) is 0 Å². The van der Waals surface area contributed by atoms with Crippen molar-refractivity contribution < 1.29 is 4.39 Å². The molecule has 1 aliphatic carbocycles. The maximum Gasteiger partial charge on any atom is 0.123 e. The molecule has 116 valence electrons. The van der Waals surface area contributed by atoms with Crippen LogP contribution in [0, 0.1) is 5.82 Å². The van der Waals surface area contributed by atoms with Gasteiger partial charge < -0.3 is 5.32 Å². The minimum atomic E-state index is -0.140. The molecule has 1 heterocycles. The van der Waals surface area contributed by atoms with Gasteiger partial charge in [-0.2, -0.15) is 0 Å². The van der Waals surface area contributed by atoms with Gasteiger partial charge >= 0.3 is 0 Å². The summed E-state index contributed by atoms with van der Waals surface area (Å²) in [5.74, 6) is -0.140. The van der Waals surface area contributed by atoms with Crippen LogP contribution in [0.1, 0.15) is 51.0 Å². The molecule has 3 heteroatoms. The molecule has 1 saturated heterocycles. The van der Waals surface area contributed by atoms with Crippen molar-refractivity contribution in [2.75, 3.05) is 13.1 Å². The molecular weight excluding hydrogens is 263 g/mol. The van der Waals surface area contributed by atoms with Gasteiger partial charge in [-0.1, -0.05) is 38.3 Å². The summed E-state index contributed by atoms with van der Waals surface area (Å²) in [5.41, 5.74) is 1.58. The predicted octanol–water partition coefficient (Wildman–Crippen LogP) is 3.71. The topological polar surface area (TPSA) is 15.3 Å². The van der Waals surface area contributed by atoms with Gasteiger partial charge in [0.1, 0.15) is 5.82 Å². The van der Waals surface area contributed by atoms with E-state index in [0.29, 0.717) is 11.6 Å². The number of rotatable bonds is 4. The molecule has 1 spiro atoms. The smallest absolute Gasteiger partial charge is 0.123 e. The second-order valence-corrected chi connectivity index (χ2v) is 6.80. The number of benzene rings is 1. The van der Waals surface area contributed by atoms with Crippen LogP contribution in [0.4, 0.5) is 4.39 Å². The molecule has 3 rings (SSSR count). The lowest BCUT2D eigenvalue weighted by Gasteiger charge is -2.48. The van der Waals surface area contributed by atoms with E-state index >= 15 is 0 Å². The lowest BCUT2D eigenvalue weighted by Crippen LogP contribution is -2.63. The number of nitrogens with zero attached hydrogens (tertiary/aromatic N) is 1. The Morgan fingerprint density at radius 2 is 1.95 bits per heavy atom. The van der Waals surface area contributed by atoms with Crippen molar-refractivity contribution in [2.45, 2.75) is 63.6 Å². The number of nitrogens with one attached hydrogen (secondary N) is 1. The molecule has 1 unspecified atom stereocenters. The molecule has 1 N–H and O–H groups in total. The van der Waals surface area contributed by atoms with Crippen LogP contribution in [0.2, 0.25) is 0 Å². The predicted molar refractivity (Wildman–Crippen MR) is 84.7 cm³/mol. The van der Waals surface area contributed by atoms with Gasteiger partial charge in [0.05, 0.1) is 0 Å². The first-order valence-corrected chi connectivity index (χ1v) is 8.45. The SMILES string of the molecule is CCCC1CN(Cc2ccc(F)cc2)C2(CCCC2)CN1. The zero-order valence-corrected chi connectivity index (χ0v) is 13.1. The van der Waals surface area contributed by atoms with Gasteiger partial charge in [-0.3, -0.25) is 4.90 Å². The third-order valence-corrected chi connectivity index (χ3v) is 5.29. The summed E-state index contributed by atoms with van der Waals surface area (Å²) in [6.07, 6.45) is 7.78. The van der Waals surface area contributed by atoms with E-state index in [-0.39, 0.29) is 5.82 Å². The summed E-state index contributed by atoms with van der Waals surface area (Å²) in [4.78, 5) is 2.68. The Balaban J connectivity index is 1.74. The molecule has 1 atom stereocenters. The van der Waals surface area contributed by atoms with Gasteiger partial charge in [0.15, 0.2) is 0 Å². The Hall–Kier alpha value is -0.930. The molecule has 2 fully saturated rings. The van der Waals surface area contributed by atoms with E-state index in [1.807, 2.05) is 12.1 Å². The third kappa shape index (κ3) is 3.29. The van der Waals surface area contributed by atoms with Gasteiger partial charge in [0, 0.05) is 31.2 Å². The van der Waals surface area contributed by atoms with E-state index in [4.69, 9.17) is 0 Å². The van der Waals surface area contributed by atoms with Crippen molar-refractivity contribution in [1.29, 1.82) is 0 Å². The molecule has 2 nitrogen and oxygen atoms in total. The van der Waals surface area contributed by atoms with Crippen molar-refractivity contribution in [3.05, 3.63) is 35.6 Å². The zero-order chi connectivity index (χ0) is 14.7. The Morgan fingerprint density at radius 1 is 1.24 bits per heavy atom. The number of halogens is 1. The van der Waals surface area contributed by atoms with Crippen LogP contribution in [0.15, 0.2) is 24.3 Å². The van der Waals surface area contributed by atoms with Crippen molar-refractivity contribution in [2.24, 2.45) is 0 Å². The summed E-state index contributed by atoms with van der Waals surface area (Å²) in [7, 11) is 0. The number of hydrogen-bond acceptors (Lipinski definition) is 2. The first-order chi connectivity index (χ1) is 10.2. The summed E-state index contributed by atoms with van der Waals surface area (Å²) >= 11 is 0. The lowest BCUT2D eigenvalue weighted by molar-refractivity contribution is 0.0338. The van der Waals surface area contributed by atoms with E-state index in [0.717, 1.165) is 19.6 Å². The van der Waals surface area contributed by atoms with Gasteiger partial charge in [0.25, 0.3) is 0 Å². The molecular formula is C18H27FN2. The maximum atomic E-state index is 13.1. The van der Waals surface area contributed by atoms with Crippen LogP contribution in [0.5, 0.6) is 0 Å². The summed E-state index contributed by atoms with van der Waals surface area (Å²) in [6.45, 7) is 5.47. The lowest BCUT2D eigenvalue weighted by atomic mass is 9.89. The minimum Gasteiger partial charge on any atom is -0.311 e. The van der Waals surface area contributed by atoms with Crippen molar-refractivity contribution >= 4 is 0 Å². The van der Waals surface area contributed by atoms with Crippen LogP contribution in [0.3, 0.4) is 0 Å². The molecule has 0 aromatic heterocycles. The Morgan fingerprint density at radius 3 is 2.62 bits per heavy atom. The number of hydrogen-bond donors (Lipinski definition) is 1. The van der Waals surface area contributed by atoms with E-state index in [1.165, 1.54) is 44.1 Å². The highest BCUT2D eigenvalue weighted by atomic mass is 19.1. The van der Waals surface area contributed by atoms with Crippen molar-refractivity contribution in [3.8, 4) is 0 Å². The minimum absolute atomic E-state index is 0.140. The van der Waals surface area contributed by atoms with Crippen LogP contribution in [-0.4, -0.2) is 29.6 Å². The second-order valence-electron chi connectivity index (χ2n) is 6.80. The fourth-order valence-corrected chi connectivity index (χ4v) is 4.08. The monoisotopic (exact) mass is 290 g/mol. The van der Waals surface area contributed by atoms with Gasteiger partial charge in [-0.05, 0) is 37.0 Å². The Bertz CT molecular complexity index is 451. The number of piperazine rings is 1. The van der Waals surface area contributed by atoms with E-state index in [9.17, 15) is 4.39 Å². The van der Waals surface area contributed by atoms with Crippen LogP contribution >= 0.6 is 0 Å². The van der Waals surface area contributed by atoms with Crippen molar-refractivity contribution in [1.82, 2.24) is 10.2 Å². The molecule has 1 aromatic carbocycles. The molecule has 1 aromatic rings. The van der Waals surface area contributed by atoms with Crippen LogP contribution < -0.4 is 5.32 Å². The van der Waals surface area contributed by atoms with E-state index < -0.39 is 0 Å². The molecule has 1 aliphatic heterocycles. The fourth-order valence-electron chi connectivity index (χ4n) is 4.08. The summed E-state index contributed by atoms with van der Waals surface area (Å²) in [5, 5.41) is 3.78. The molecule has 0 radical (unpaired) electrons. The maximum absolute atomic E-state index is 13.1. The second kappa shape index (κ2) is 6.45. The van der Waals surface area contributed by atoms with Gasteiger partial charge in [-0.15, -0.1) is 0 Å². The van der Waals surface area contributed by atoms with E-state index in [1.54, 1.807) is 12.1 Å². The molecule has 0 amide bonds. The average Bonchev–Trinajstić information content (AvgIpc) is 2.95. The standard InChI is InChI=1S/C18H27FN2/c1-2-5-17-13-21(12-15-6-8-16(19)9-7-15)18(14-20-17)10-3-4-11-18/h6-9,17,20H,2-5,10-14H2,1H3. The van der Waals surface area contributed by atoms with E-state index in [2.05, 4.69) is 17.1 Å². The summed E-state index contributed by atoms with van der Waals surface area (Å²) < 4.78 is 13.1.